The number of para-hydroxylation sites is 2. The standard InChI is InChI=1S/C7H10N2O2S.C6H6O2/c1-9-6-2-4-7(5-3-6)12(8,10)11;7-5-3-1-2-4-6(5)8/h2-5,9H,1H3,(H2,8,10,11);1-4,7-8H. The highest BCUT2D eigenvalue weighted by Crippen LogP contribution is 2.21. The Morgan fingerprint density at radius 2 is 1.40 bits per heavy atom. The summed E-state index contributed by atoms with van der Waals surface area (Å²) in [4.78, 5) is 0.126. The molecule has 0 saturated heterocycles. The zero-order valence-electron chi connectivity index (χ0n) is 10.8. The summed E-state index contributed by atoms with van der Waals surface area (Å²) in [7, 11) is -1.80. The van der Waals surface area contributed by atoms with E-state index < -0.39 is 10.0 Å². The number of benzene rings is 2. The van der Waals surface area contributed by atoms with Crippen LogP contribution in [0.25, 0.3) is 0 Å². The fourth-order valence-electron chi connectivity index (χ4n) is 1.28. The average Bonchev–Trinajstić information content (AvgIpc) is 2.42. The number of phenols is 2. The summed E-state index contributed by atoms with van der Waals surface area (Å²) in [5.74, 6) is -0.153. The summed E-state index contributed by atoms with van der Waals surface area (Å²) in [5, 5.41) is 25.1. The van der Waals surface area contributed by atoms with Crippen LogP contribution >= 0.6 is 0 Å². The second-order valence-corrected chi connectivity index (χ2v) is 5.37. The molecular formula is C13H16N2O4S. The second kappa shape index (κ2) is 6.78. The van der Waals surface area contributed by atoms with E-state index in [1.165, 1.54) is 24.3 Å². The summed E-state index contributed by atoms with van der Waals surface area (Å²) in [6.07, 6.45) is 0. The molecule has 0 saturated carbocycles. The molecule has 20 heavy (non-hydrogen) atoms. The maximum Gasteiger partial charge on any atom is 0.238 e. The number of sulfonamides is 1. The third kappa shape index (κ3) is 4.79. The number of primary sulfonamides is 1. The van der Waals surface area contributed by atoms with Gasteiger partial charge >= 0.3 is 0 Å². The predicted octanol–water partition coefficient (Wildman–Crippen LogP) is 1.47. The van der Waals surface area contributed by atoms with Gasteiger partial charge in [-0.25, -0.2) is 13.6 Å². The molecule has 0 aromatic heterocycles. The minimum atomic E-state index is -3.56. The SMILES string of the molecule is CNc1ccc(S(N)(=O)=O)cc1.Oc1ccccc1O. The first-order chi connectivity index (χ1) is 9.34. The van der Waals surface area contributed by atoms with Gasteiger partial charge in [-0.1, -0.05) is 12.1 Å². The topological polar surface area (TPSA) is 113 Å². The number of nitrogens with two attached hydrogens (primary N) is 1. The highest BCUT2D eigenvalue weighted by atomic mass is 32.2. The van der Waals surface area contributed by atoms with Gasteiger partial charge in [-0.2, -0.15) is 0 Å². The Kier molecular flexibility index (Phi) is 5.36. The highest BCUT2D eigenvalue weighted by molar-refractivity contribution is 7.89. The van der Waals surface area contributed by atoms with Gasteiger partial charge in [0.2, 0.25) is 10.0 Å². The Morgan fingerprint density at radius 3 is 1.70 bits per heavy atom. The molecule has 0 radical (unpaired) electrons. The van der Waals surface area contributed by atoms with Crippen LogP contribution in [0.15, 0.2) is 53.4 Å². The molecule has 6 nitrogen and oxygen atoms in total. The molecule has 2 rings (SSSR count). The lowest BCUT2D eigenvalue weighted by Crippen LogP contribution is -2.11. The zero-order chi connectivity index (χ0) is 15.2. The van der Waals surface area contributed by atoms with Crippen molar-refractivity contribution in [2.24, 2.45) is 5.14 Å². The van der Waals surface area contributed by atoms with E-state index in [9.17, 15) is 8.42 Å². The summed E-state index contributed by atoms with van der Waals surface area (Å²) < 4.78 is 21.6. The van der Waals surface area contributed by atoms with Gasteiger partial charge in [-0.05, 0) is 36.4 Å². The van der Waals surface area contributed by atoms with Crippen LogP contribution in [-0.2, 0) is 10.0 Å². The monoisotopic (exact) mass is 296 g/mol. The van der Waals surface area contributed by atoms with Gasteiger partial charge in [0.15, 0.2) is 11.5 Å². The van der Waals surface area contributed by atoms with Gasteiger partial charge in [-0.3, -0.25) is 0 Å². The molecule has 0 bridgehead atoms. The number of hydrogen-bond donors (Lipinski definition) is 4. The second-order valence-electron chi connectivity index (χ2n) is 3.81. The maximum atomic E-state index is 10.8. The number of rotatable bonds is 2. The van der Waals surface area contributed by atoms with Crippen LogP contribution in [0.1, 0.15) is 0 Å². The number of aromatic hydroxyl groups is 2. The Bertz CT molecular complexity index is 633. The van der Waals surface area contributed by atoms with E-state index in [1.54, 1.807) is 31.3 Å². The molecule has 0 amide bonds. The molecule has 5 N–H and O–H groups in total. The largest absolute Gasteiger partial charge is 0.504 e. The highest BCUT2D eigenvalue weighted by Gasteiger charge is 2.05. The first kappa shape index (κ1) is 15.8. The van der Waals surface area contributed by atoms with Crippen LogP contribution in [-0.4, -0.2) is 25.7 Å². The van der Waals surface area contributed by atoms with E-state index in [0.717, 1.165) is 5.69 Å². The quantitative estimate of drug-likeness (QED) is 0.627. The van der Waals surface area contributed by atoms with Gasteiger partial charge in [-0.15, -0.1) is 0 Å². The Balaban J connectivity index is 0.000000217. The fraction of sp³-hybridized carbons (Fsp3) is 0.0769. The molecule has 0 aliphatic heterocycles. The number of anilines is 1. The van der Waals surface area contributed by atoms with Crippen LogP contribution in [0.3, 0.4) is 0 Å². The van der Waals surface area contributed by atoms with E-state index in [-0.39, 0.29) is 16.4 Å². The molecule has 2 aromatic rings. The van der Waals surface area contributed by atoms with Crippen molar-refractivity contribution in [3.8, 4) is 11.5 Å². The molecule has 0 aliphatic rings. The first-order valence-corrected chi connectivity index (χ1v) is 7.17. The van der Waals surface area contributed by atoms with E-state index >= 15 is 0 Å². The van der Waals surface area contributed by atoms with Crippen molar-refractivity contribution < 1.29 is 18.6 Å². The minimum absolute atomic E-state index is 0.0764. The summed E-state index contributed by atoms with van der Waals surface area (Å²) >= 11 is 0. The van der Waals surface area contributed by atoms with Gasteiger partial charge in [0.05, 0.1) is 4.90 Å². The average molecular weight is 296 g/mol. The van der Waals surface area contributed by atoms with Crippen molar-refractivity contribution in [2.75, 3.05) is 12.4 Å². The molecule has 108 valence electrons. The molecule has 2 aromatic carbocycles. The molecule has 0 spiro atoms. The van der Waals surface area contributed by atoms with Crippen LogP contribution in [0.2, 0.25) is 0 Å². The van der Waals surface area contributed by atoms with Crippen LogP contribution in [0.5, 0.6) is 11.5 Å². The van der Waals surface area contributed by atoms with Crippen LogP contribution in [0.4, 0.5) is 5.69 Å². The van der Waals surface area contributed by atoms with E-state index in [1.807, 2.05) is 0 Å². The lowest BCUT2D eigenvalue weighted by molar-refractivity contribution is 0.404. The number of nitrogens with one attached hydrogen (secondary N) is 1. The van der Waals surface area contributed by atoms with Crippen molar-refractivity contribution in [1.82, 2.24) is 0 Å². The number of phenolic OH excluding ortho intramolecular Hbond substituents is 2. The fourth-order valence-corrected chi connectivity index (χ4v) is 1.79. The zero-order valence-corrected chi connectivity index (χ0v) is 11.6. The molecule has 0 aliphatic carbocycles. The third-order valence-corrected chi connectivity index (χ3v) is 3.28. The third-order valence-electron chi connectivity index (χ3n) is 2.35. The van der Waals surface area contributed by atoms with Gasteiger partial charge in [0.1, 0.15) is 0 Å². The first-order valence-electron chi connectivity index (χ1n) is 5.62. The number of hydrogen-bond acceptors (Lipinski definition) is 5. The van der Waals surface area contributed by atoms with Crippen LogP contribution < -0.4 is 10.5 Å². The van der Waals surface area contributed by atoms with Crippen molar-refractivity contribution in [3.63, 3.8) is 0 Å². The predicted molar refractivity (Wildman–Crippen MR) is 77.1 cm³/mol. The van der Waals surface area contributed by atoms with Gasteiger partial charge < -0.3 is 15.5 Å². The summed E-state index contributed by atoms with van der Waals surface area (Å²) in [5.41, 5.74) is 0.849. The molecule has 7 heteroatoms. The van der Waals surface area contributed by atoms with Crippen molar-refractivity contribution >= 4 is 15.7 Å². The van der Waals surface area contributed by atoms with E-state index in [4.69, 9.17) is 15.4 Å². The van der Waals surface area contributed by atoms with Crippen molar-refractivity contribution in [1.29, 1.82) is 0 Å². The lowest BCUT2D eigenvalue weighted by Gasteiger charge is -2.00. The summed E-state index contributed by atoms with van der Waals surface area (Å²) in [6.45, 7) is 0. The summed E-state index contributed by atoms with van der Waals surface area (Å²) in [6, 6.07) is 12.4. The Hall–Kier alpha value is -2.25. The maximum absolute atomic E-state index is 10.8. The van der Waals surface area contributed by atoms with E-state index in [2.05, 4.69) is 5.32 Å². The van der Waals surface area contributed by atoms with Gasteiger partial charge in [0, 0.05) is 12.7 Å². The molecule has 0 unspecified atom stereocenters. The Labute approximate surface area is 117 Å². The molecule has 0 heterocycles. The van der Waals surface area contributed by atoms with Crippen LogP contribution in [0, 0.1) is 0 Å². The smallest absolute Gasteiger partial charge is 0.238 e. The molecule has 0 fully saturated rings. The van der Waals surface area contributed by atoms with Crippen molar-refractivity contribution in [3.05, 3.63) is 48.5 Å². The van der Waals surface area contributed by atoms with Crippen molar-refractivity contribution in [2.45, 2.75) is 4.90 Å². The Morgan fingerprint density at radius 1 is 0.950 bits per heavy atom. The minimum Gasteiger partial charge on any atom is -0.504 e. The lowest BCUT2D eigenvalue weighted by atomic mass is 10.3. The van der Waals surface area contributed by atoms with E-state index in [0.29, 0.717) is 0 Å². The molecule has 0 atom stereocenters. The van der Waals surface area contributed by atoms with Gasteiger partial charge in [0.25, 0.3) is 0 Å². The normalized spacial score (nSPS) is 10.3. The molecular weight excluding hydrogens is 280 g/mol.